The van der Waals surface area contributed by atoms with Crippen molar-refractivity contribution in [2.24, 2.45) is 0 Å². The van der Waals surface area contributed by atoms with Crippen LogP contribution in [0, 0.1) is 10.1 Å². The number of nitro benzene ring substituents is 1. The van der Waals surface area contributed by atoms with Gasteiger partial charge < -0.3 is 5.32 Å². The Hall–Kier alpha value is -1.47. The largest absolute Gasteiger partial charge is 0.374 e. The predicted octanol–water partition coefficient (Wildman–Crippen LogP) is 4.13. The molecule has 0 atom stereocenters. The third-order valence-electron chi connectivity index (χ3n) is 2.43. The van der Waals surface area contributed by atoms with Crippen molar-refractivity contribution < 1.29 is 4.92 Å². The Kier molecular flexibility index (Phi) is 4.49. The molecule has 7 heteroatoms. The molecule has 0 bridgehead atoms. The molecule has 19 heavy (non-hydrogen) atoms. The highest BCUT2D eigenvalue weighted by atomic mass is 79.9. The van der Waals surface area contributed by atoms with Crippen molar-refractivity contribution in [2.45, 2.75) is 6.54 Å². The minimum atomic E-state index is -0.410. The first kappa shape index (κ1) is 14.0. The maximum atomic E-state index is 10.9. The Morgan fingerprint density at radius 2 is 2.05 bits per heavy atom. The van der Waals surface area contributed by atoms with Crippen LogP contribution >= 0.6 is 31.9 Å². The van der Waals surface area contributed by atoms with E-state index in [1.54, 1.807) is 24.4 Å². The predicted molar refractivity (Wildman–Crippen MR) is 80.1 cm³/mol. The van der Waals surface area contributed by atoms with Crippen molar-refractivity contribution in [1.29, 1.82) is 0 Å². The number of halogens is 2. The standard InChI is InChI=1S/C12H9Br2N3O2/c13-8-5-9(14)11(15-6-8)7-16-10-3-1-2-4-12(10)17(18)19/h1-6,16H,7H2. The van der Waals surface area contributed by atoms with E-state index in [4.69, 9.17) is 0 Å². The first-order valence-electron chi connectivity index (χ1n) is 5.35. The highest BCUT2D eigenvalue weighted by Gasteiger charge is 2.12. The molecule has 1 heterocycles. The summed E-state index contributed by atoms with van der Waals surface area (Å²) < 4.78 is 1.71. The van der Waals surface area contributed by atoms with E-state index in [9.17, 15) is 10.1 Å². The summed E-state index contributed by atoms with van der Waals surface area (Å²) in [5.41, 5.74) is 1.31. The van der Waals surface area contributed by atoms with Crippen molar-refractivity contribution in [1.82, 2.24) is 4.98 Å². The highest BCUT2D eigenvalue weighted by Crippen LogP contribution is 2.25. The Morgan fingerprint density at radius 1 is 1.32 bits per heavy atom. The average molecular weight is 387 g/mol. The molecule has 2 rings (SSSR count). The van der Waals surface area contributed by atoms with Crippen molar-refractivity contribution in [3.05, 3.63) is 61.3 Å². The molecule has 1 N–H and O–H groups in total. The Morgan fingerprint density at radius 3 is 2.74 bits per heavy atom. The number of nitrogens with one attached hydrogen (secondary N) is 1. The lowest BCUT2D eigenvalue weighted by atomic mass is 10.2. The van der Waals surface area contributed by atoms with Crippen LogP contribution in [-0.2, 0) is 6.54 Å². The van der Waals surface area contributed by atoms with Crippen LogP contribution in [0.2, 0.25) is 0 Å². The second-order valence-electron chi connectivity index (χ2n) is 3.71. The van der Waals surface area contributed by atoms with E-state index in [2.05, 4.69) is 42.2 Å². The highest BCUT2D eigenvalue weighted by molar-refractivity contribution is 9.11. The molecular weight excluding hydrogens is 378 g/mol. The van der Waals surface area contributed by atoms with Gasteiger partial charge >= 0.3 is 0 Å². The van der Waals surface area contributed by atoms with Gasteiger partial charge in [-0.1, -0.05) is 12.1 Å². The molecule has 0 amide bonds. The van der Waals surface area contributed by atoms with Crippen molar-refractivity contribution in [3.63, 3.8) is 0 Å². The van der Waals surface area contributed by atoms with Gasteiger partial charge in [-0.25, -0.2) is 0 Å². The van der Waals surface area contributed by atoms with Crippen LogP contribution in [0.15, 0.2) is 45.5 Å². The lowest BCUT2D eigenvalue weighted by Crippen LogP contribution is -2.04. The molecule has 0 fully saturated rings. The fraction of sp³-hybridized carbons (Fsp3) is 0.0833. The second-order valence-corrected chi connectivity index (χ2v) is 5.48. The molecule has 0 aliphatic heterocycles. The van der Waals surface area contributed by atoms with Gasteiger partial charge in [-0.3, -0.25) is 15.1 Å². The monoisotopic (exact) mass is 385 g/mol. The van der Waals surface area contributed by atoms with Gasteiger partial charge in [0.2, 0.25) is 0 Å². The molecule has 0 aliphatic rings. The summed E-state index contributed by atoms with van der Waals surface area (Å²) in [6.45, 7) is 0.402. The molecule has 0 saturated carbocycles. The minimum Gasteiger partial charge on any atom is -0.374 e. The normalized spacial score (nSPS) is 10.2. The number of anilines is 1. The SMILES string of the molecule is O=[N+]([O-])c1ccccc1NCc1ncc(Br)cc1Br. The molecule has 2 aromatic rings. The maximum absolute atomic E-state index is 10.9. The van der Waals surface area contributed by atoms with Crippen LogP contribution in [0.4, 0.5) is 11.4 Å². The fourth-order valence-electron chi connectivity index (χ4n) is 1.53. The summed E-state index contributed by atoms with van der Waals surface area (Å²) in [4.78, 5) is 14.7. The third kappa shape index (κ3) is 3.51. The third-order valence-corrected chi connectivity index (χ3v) is 3.55. The summed E-state index contributed by atoms with van der Waals surface area (Å²) in [6.07, 6.45) is 1.68. The number of nitro groups is 1. The number of hydrogen-bond acceptors (Lipinski definition) is 4. The second kappa shape index (κ2) is 6.12. The van der Waals surface area contributed by atoms with Crippen LogP contribution in [0.25, 0.3) is 0 Å². The molecule has 0 radical (unpaired) electrons. The zero-order valence-electron chi connectivity index (χ0n) is 9.64. The average Bonchev–Trinajstić information content (AvgIpc) is 2.38. The van der Waals surface area contributed by atoms with E-state index >= 15 is 0 Å². The first-order chi connectivity index (χ1) is 9.08. The summed E-state index contributed by atoms with van der Waals surface area (Å²) in [5.74, 6) is 0. The molecule has 0 aliphatic carbocycles. The molecule has 1 aromatic heterocycles. The van der Waals surface area contributed by atoms with Crippen LogP contribution in [0.5, 0.6) is 0 Å². The van der Waals surface area contributed by atoms with Crippen molar-refractivity contribution >= 4 is 43.2 Å². The Balaban J connectivity index is 2.17. The number of rotatable bonds is 4. The fourth-order valence-corrected chi connectivity index (χ4v) is 2.66. The number of benzene rings is 1. The number of para-hydroxylation sites is 2. The van der Waals surface area contributed by atoms with E-state index in [1.807, 2.05) is 6.07 Å². The molecule has 0 unspecified atom stereocenters. The topological polar surface area (TPSA) is 68.1 Å². The van der Waals surface area contributed by atoms with Gasteiger partial charge in [-0.15, -0.1) is 0 Å². The van der Waals surface area contributed by atoms with E-state index in [1.165, 1.54) is 6.07 Å². The Labute approximate surface area is 126 Å². The Bertz CT molecular complexity index is 620. The molecule has 1 aromatic carbocycles. The van der Waals surface area contributed by atoms with E-state index < -0.39 is 4.92 Å². The summed E-state index contributed by atoms with van der Waals surface area (Å²) in [6, 6.07) is 8.40. The van der Waals surface area contributed by atoms with E-state index in [0.29, 0.717) is 12.2 Å². The van der Waals surface area contributed by atoms with Crippen LogP contribution in [0.1, 0.15) is 5.69 Å². The minimum absolute atomic E-state index is 0.0516. The molecule has 0 saturated heterocycles. The molecule has 5 nitrogen and oxygen atoms in total. The summed E-state index contributed by atoms with van der Waals surface area (Å²) in [5, 5.41) is 13.9. The lowest BCUT2D eigenvalue weighted by molar-refractivity contribution is -0.384. The maximum Gasteiger partial charge on any atom is 0.292 e. The molecule has 0 spiro atoms. The number of pyridine rings is 1. The van der Waals surface area contributed by atoms with Gasteiger partial charge in [-0.05, 0) is 44.0 Å². The molecular formula is C12H9Br2N3O2. The van der Waals surface area contributed by atoms with Gasteiger partial charge in [0.25, 0.3) is 5.69 Å². The van der Waals surface area contributed by atoms with E-state index in [-0.39, 0.29) is 5.69 Å². The van der Waals surface area contributed by atoms with Gasteiger partial charge in [0.1, 0.15) is 5.69 Å². The summed E-state index contributed by atoms with van der Waals surface area (Å²) in [7, 11) is 0. The van der Waals surface area contributed by atoms with E-state index in [0.717, 1.165) is 14.6 Å². The van der Waals surface area contributed by atoms with Gasteiger partial charge in [0.05, 0.1) is 17.2 Å². The van der Waals surface area contributed by atoms with Crippen molar-refractivity contribution in [3.8, 4) is 0 Å². The number of aromatic nitrogens is 1. The smallest absolute Gasteiger partial charge is 0.292 e. The van der Waals surface area contributed by atoms with Gasteiger partial charge in [0.15, 0.2) is 0 Å². The zero-order valence-corrected chi connectivity index (χ0v) is 12.8. The van der Waals surface area contributed by atoms with Crippen LogP contribution in [0.3, 0.4) is 0 Å². The first-order valence-corrected chi connectivity index (χ1v) is 6.94. The number of nitrogens with zero attached hydrogens (tertiary/aromatic N) is 2. The quantitative estimate of drug-likeness (QED) is 0.633. The number of hydrogen-bond donors (Lipinski definition) is 1. The zero-order chi connectivity index (χ0) is 13.8. The van der Waals surface area contributed by atoms with Crippen LogP contribution < -0.4 is 5.32 Å². The van der Waals surface area contributed by atoms with Gasteiger partial charge in [0, 0.05) is 21.2 Å². The molecule has 98 valence electrons. The van der Waals surface area contributed by atoms with Crippen LogP contribution in [-0.4, -0.2) is 9.91 Å². The summed E-state index contributed by atoms with van der Waals surface area (Å²) >= 11 is 6.72. The lowest BCUT2D eigenvalue weighted by Gasteiger charge is -2.08. The van der Waals surface area contributed by atoms with Crippen molar-refractivity contribution in [2.75, 3.05) is 5.32 Å². The van der Waals surface area contributed by atoms with Gasteiger partial charge in [-0.2, -0.15) is 0 Å².